The Morgan fingerprint density at radius 2 is 1.62 bits per heavy atom. The summed E-state index contributed by atoms with van der Waals surface area (Å²) in [6.07, 6.45) is 5.86. The average molecular weight is 854 g/mol. The third-order valence-corrected chi connectivity index (χ3v) is 13.6. The Morgan fingerprint density at radius 3 is 2.38 bits per heavy atom. The summed E-state index contributed by atoms with van der Waals surface area (Å²) in [5, 5.41) is 13.6. The molecule has 4 aliphatic rings. The van der Waals surface area contributed by atoms with Crippen molar-refractivity contribution in [1.29, 1.82) is 0 Å². The number of nitrogens with one attached hydrogen (secondary N) is 4. The third kappa shape index (κ3) is 8.70. The minimum Gasteiger partial charge on any atom is -0.494 e. The minimum absolute atomic E-state index is 0.0873. The highest BCUT2D eigenvalue weighted by Gasteiger charge is 2.45. The van der Waals surface area contributed by atoms with E-state index >= 15 is 0 Å². The van der Waals surface area contributed by atoms with Crippen LogP contribution in [0.2, 0.25) is 5.02 Å². The van der Waals surface area contributed by atoms with Gasteiger partial charge in [0, 0.05) is 61.4 Å². The number of halogens is 1. The van der Waals surface area contributed by atoms with E-state index < -0.39 is 36.8 Å². The predicted octanol–water partition coefficient (Wildman–Crippen LogP) is 5.75. The number of hydrogen-bond acceptors (Lipinski definition) is 13. The van der Waals surface area contributed by atoms with E-state index in [0.717, 1.165) is 74.7 Å². The molecule has 314 valence electrons. The second-order valence-corrected chi connectivity index (χ2v) is 19.8. The molecule has 4 N–H and O–H groups in total. The molecular weight excluding hydrogens is 805 g/mol. The van der Waals surface area contributed by atoms with Crippen LogP contribution in [-0.2, 0) is 14.2 Å². The number of hydrogen-bond donors (Lipinski definition) is 4. The third-order valence-electron chi connectivity index (χ3n) is 11.8. The zero-order chi connectivity index (χ0) is 42.1. The molecule has 0 bridgehead atoms. The van der Waals surface area contributed by atoms with Crippen molar-refractivity contribution < 1.29 is 28.5 Å². The summed E-state index contributed by atoms with van der Waals surface area (Å²) in [5.41, 5.74) is 3.92. The van der Waals surface area contributed by atoms with E-state index in [1.54, 1.807) is 32.6 Å². The monoisotopic (exact) mass is 853 g/mol. The molecule has 1 unspecified atom stereocenters. The number of benzene rings is 3. The van der Waals surface area contributed by atoms with Gasteiger partial charge in [-0.15, -0.1) is 0 Å². The zero-order valence-corrected chi connectivity index (χ0v) is 35.5. The summed E-state index contributed by atoms with van der Waals surface area (Å²) in [5.74, 6) is -0.0898. The van der Waals surface area contributed by atoms with Crippen molar-refractivity contribution in [1.82, 2.24) is 25.5 Å². The Hall–Kier alpha value is -5.50. The normalized spacial score (nSPS) is 20.0. The van der Waals surface area contributed by atoms with E-state index in [1.165, 1.54) is 6.20 Å². The highest BCUT2D eigenvalue weighted by atomic mass is 35.5. The largest absolute Gasteiger partial charge is 0.494 e. The topological polar surface area (TPSA) is 178 Å². The number of aromatic nitrogens is 2. The van der Waals surface area contributed by atoms with Crippen LogP contribution in [-0.4, -0.2) is 104 Å². The van der Waals surface area contributed by atoms with Gasteiger partial charge in [-0.25, -0.2) is 4.98 Å². The van der Waals surface area contributed by atoms with Gasteiger partial charge in [0.05, 0.1) is 35.8 Å². The van der Waals surface area contributed by atoms with Gasteiger partial charge in [-0.3, -0.25) is 29.4 Å². The molecule has 2 atom stereocenters. The highest BCUT2D eigenvalue weighted by Crippen LogP contribution is 2.39. The molecule has 4 amide bonds. The summed E-state index contributed by atoms with van der Waals surface area (Å²) in [7, 11) is -0.922. The Balaban J connectivity index is 0.838. The zero-order valence-electron chi connectivity index (χ0n) is 33.9. The van der Waals surface area contributed by atoms with E-state index in [0.29, 0.717) is 56.3 Å². The number of amides is 4. The van der Waals surface area contributed by atoms with Gasteiger partial charge in [-0.05, 0) is 100 Å². The van der Waals surface area contributed by atoms with Crippen molar-refractivity contribution in [3.05, 3.63) is 83.0 Å². The number of carbonyl (C=O) groups excluding carboxylic acids is 4. The first-order valence-electron chi connectivity index (χ1n) is 20.3. The molecular formula is C43H49ClN9O6P. The lowest BCUT2D eigenvalue weighted by molar-refractivity contribution is -0.136. The summed E-state index contributed by atoms with van der Waals surface area (Å²) in [4.78, 5) is 65.4. The molecule has 0 aliphatic carbocycles. The van der Waals surface area contributed by atoms with Crippen LogP contribution in [0.15, 0.2) is 66.9 Å². The summed E-state index contributed by atoms with van der Waals surface area (Å²) >= 11 is 6.48. The van der Waals surface area contributed by atoms with E-state index in [1.807, 2.05) is 42.5 Å². The highest BCUT2D eigenvalue weighted by molar-refractivity contribution is 7.70. The first-order chi connectivity index (χ1) is 28.9. The number of nitrogens with zero attached hydrogens (tertiary/aromatic N) is 5. The lowest BCUT2D eigenvalue weighted by atomic mass is 9.95. The van der Waals surface area contributed by atoms with Crippen LogP contribution in [0, 0.1) is 5.92 Å². The average Bonchev–Trinajstić information content (AvgIpc) is 3.49. The first kappa shape index (κ1) is 41.2. The van der Waals surface area contributed by atoms with Crippen LogP contribution in [0.1, 0.15) is 59.2 Å². The Morgan fingerprint density at radius 1 is 0.867 bits per heavy atom. The summed E-state index contributed by atoms with van der Waals surface area (Å²) < 4.78 is 18.7. The van der Waals surface area contributed by atoms with E-state index in [2.05, 4.69) is 47.1 Å². The fourth-order valence-electron chi connectivity index (χ4n) is 8.55. The summed E-state index contributed by atoms with van der Waals surface area (Å²) in [6.45, 7) is 7.81. The Labute approximate surface area is 354 Å². The molecule has 0 saturated carbocycles. The van der Waals surface area contributed by atoms with Crippen molar-refractivity contribution in [3.63, 3.8) is 0 Å². The van der Waals surface area contributed by atoms with E-state index in [-0.39, 0.29) is 18.9 Å². The van der Waals surface area contributed by atoms with Gasteiger partial charge in [-0.1, -0.05) is 23.7 Å². The molecule has 3 aromatic carbocycles. The van der Waals surface area contributed by atoms with Crippen LogP contribution in [0.3, 0.4) is 0 Å². The molecule has 60 heavy (non-hydrogen) atoms. The molecule has 0 radical (unpaired) electrons. The number of piperidine rings is 3. The molecule has 4 aliphatic heterocycles. The molecule has 1 aromatic heterocycles. The number of anilines is 6. The fourth-order valence-corrected chi connectivity index (χ4v) is 9.85. The smallest absolute Gasteiger partial charge is 0.262 e. The quantitative estimate of drug-likeness (QED) is 0.100. The molecule has 3 fully saturated rings. The Kier molecular flexibility index (Phi) is 11.8. The molecule has 8 rings (SSSR count). The second kappa shape index (κ2) is 17.2. The molecule has 17 heteroatoms. The van der Waals surface area contributed by atoms with E-state index in [9.17, 15) is 23.7 Å². The maximum absolute atomic E-state index is 13.4. The van der Waals surface area contributed by atoms with Crippen molar-refractivity contribution >= 4 is 82.2 Å². The number of carbonyl (C=O) groups is 4. The lowest BCUT2D eigenvalue weighted by Crippen LogP contribution is -2.54. The lowest BCUT2D eigenvalue weighted by Gasteiger charge is -2.37. The van der Waals surface area contributed by atoms with Crippen LogP contribution < -0.4 is 41.1 Å². The SMILES string of the molecule is COc1cc(N2CCC(CN[C@@H]3CCCN(c4ccc5c(c4)C(=O)N(C4CCC(=O)NC4=O)C5=O)C3)CC2)ccc1Nc1ncc(Cl)c(Nc2ccccc2P(C)(C)=O)n1. The van der Waals surface area contributed by atoms with Gasteiger partial charge < -0.3 is 35.1 Å². The van der Waals surface area contributed by atoms with Gasteiger partial charge in [0.2, 0.25) is 17.8 Å². The molecule has 4 aromatic rings. The van der Waals surface area contributed by atoms with Gasteiger partial charge in [0.25, 0.3) is 11.8 Å². The van der Waals surface area contributed by atoms with Crippen LogP contribution in [0.5, 0.6) is 5.75 Å². The van der Waals surface area contributed by atoms with Crippen molar-refractivity contribution in [3.8, 4) is 5.75 Å². The van der Waals surface area contributed by atoms with Gasteiger partial charge in [-0.2, -0.15) is 4.98 Å². The number of imide groups is 2. The van der Waals surface area contributed by atoms with Gasteiger partial charge >= 0.3 is 0 Å². The first-order valence-corrected chi connectivity index (χ1v) is 23.3. The van der Waals surface area contributed by atoms with Crippen molar-refractivity contribution in [2.75, 3.05) is 73.6 Å². The van der Waals surface area contributed by atoms with Gasteiger partial charge in [0.1, 0.15) is 24.0 Å². The summed E-state index contributed by atoms with van der Waals surface area (Å²) in [6, 6.07) is 18.1. The van der Waals surface area contributed by atoms with Crippen LogP contribution >= 0.6 is 18.7 Å². The maximum atomic E-state index is 13.4. The van der Waals surface area contributed by atoms with Crippen molar-refractivity contribution in [2.45, 2.75) is 50.6 Å². The van der Waals surface area contributed by atoms with E-state index in [4.69, 9.17) is 16.3 Å². The molecule has 15 nitrogen and oxygen atoms in total. The fraction of sp³-hybridized carbons (Fsp3) is 0.395. The van der Waals surface area contributed by atoms with Crippen LogP contribution in [0.25, 0.3) is 0 Å². The maximum Gasteiger partial charge on any atom is 0.262 e. The second-order valence-electron chi connectivity index (χ2n) is 16.2. The Bertz CT molecular complexity index is 2380. The number of para-hydroxylation sites is 1. The molecule has 5 heterocycles. The van der Waals surface area contributed by atoms with Crippen molar-refractivity contribution in [2.24, 2.45) is 5.92 Å². The standard InChI is InChI=1S/C43H49ClN9O6P/c1-59-36-22-29(11-13-33(36)48-43-46-24-32(44)39(50-43)47-34-8-4-5-9-37(34)60(2,3)58)51-19-16-26(17-20-51)23-45-27-7-6-18-52(25-27)28-10-12-30-31(21-28)42(57)53(41(30)56)35-14-15-38(54)49-40(35)55/h4-5,8-13,21-22,24,26-27,35,45H,6-7,14-20,23,25H2,1-3H3,(H,49,54,55)(H2,46,47,48,50)/t27-,35?/m1/s1. The number of rotatable bonds is 12. The van der Waals surface area contributed by atoms with Crippen LogP contribution in [0.4, 0.5) is 34.5 Å². The minimum atomic E-state index is -2.56. The number of methoxy groups -OCH3 is 1. The molecule has 3 saturated heterocycles. The van der Waals surface area contributed by atoms with Gasteiger partial charge in [0.15, 0.2) is 5.82 Å². The number of fused-ring (bicyclic) bond motifs is 1. The number of ether oxygens (including phenoxy) is 1. The predicted molar refractivity (Wildman–Crippen MR) is 233 cm³/mol. The molecule has 0 spiro atoms.